The second-order valence-electron chi connectivity index (χ2n) is 6.49. The Balaban J connectivity index is 1.58. The quantitative estimate of drug-likeness (QED) is 0.592. The maximum atomic E-state index is 13.3. The molecule has 0 N–H and O–H groups in total. The summed E-state index contributed by atoms with van der Waals surface area (Å²) in [4.78, 5) is 16.5. The summed E-state index contributed by atoms with van der Waals surface area (Å²) in [6.07, 6.45) is 3.36. The van der Waals surface area contributed by atoms with Crippen LogP contribution in [0.15, 0.2) is 53.0 Å². The van der Waals surface area contributed by atoms with Crippen LogP contribution in [0.2, 0.25) is 0 Å². The summed E-state index contributed by atoms with van der Waals surface area (Å²) in [6, 6.07) is 14.0. The van der Waals surface area contributed by atoms with Gasteiger partial charge in [-0.1, -0.05) is 48.2 Å². The van der Waals surface area contributed by atoms with Crippen molar-refractivity contribution in [2.45, 2.75) is 36.2 Å². The number of carbonyl (C=O) groups excluding carboxylic acids is 1. The maximum Gasteiger partial charge on any atom is 0.240 e. The van der Waals surface area contributed by atoms with Crippen LogP contribution in [-0.2, 0) is 11.3 Å². The van der Waals surface area contributed by atoms with E-state index in [9.17, 15) is 4.79 Å². The third-order valence-corrected chi connectivity index (χ3v) is 6.68. The Morgan fingerprint density at radius 1 is 1.11 bits per heavy atom. The normalized spacial score (nSPS) is 15.6. The first-order valence-electron chi connectivity index (χ1n) is 9.10. The second kappa shape index (κ2) is 8.67. The van der Waals surface area contributed by atoms with E-state index < -0.39 is 0 Å². The summed E-state index contributed by atoms with van der Waals surface area (Å²) in [5, 5.41) is 14.5. The van der Waals surface area contributed by atoms with E-state index in [-0.39, 0.29) is 11.2 Å². The lowest BCUT2D eigenvalue weighted by atomic mass is 10.1. The van der Waals surface area contributed by atoms with Crippen LogP contribution < -0.4 is 0 Å². The molecule has 0 bridgehead atoms. The monoisotopic (exact) mass is 399 g/mol. The van der Waals surface area contributed by atoms with Crippen LogP contribution in [0.25, 0.3) is 0 Å². The highest BCUT2D eigenvalue weighted by molar-refractivity contribution is 8.00. The van der Waals surface area contributed by atoms with Crippen LogP contribution in [0.4, 0.5) is 0 Å². The molecule has 1 atom stereocenters. The zero-order valence-corrected chi connectivity index (χ0v) is 16.5. The minimum absolute atomic E-state index is 0.150. The lowest BCUT2D eigenvalue weighted by Crippen LogP contribution is -2.38. The van der Waals surface area contributed by atoms with Crippen molar-refractivity contribution in [1.29, 1.82) is 0 Å². The van der Waals surface area contributed by atoms with Gasteiger partial charge in [-0.3, -0.25) is 4.79 Å². The first-order chi connectivity index (χ1) is 13.3. The van der Waals surface area contributed by atoms with Crippen molar-refractivity contribution in [3.8, 4) is 0 Å². The molecule has 1 saturated heterocycles. The van der Waals surface area contributed by atoms with Gasteiger partial charge in [0.1, 0.15) is 5.25 Å². The number of thiophene rings is 1. The van der Waals surface area contributed by atoms with Crippen LogP contribution >= 0.6 is 23.1 Å². The van der Waals surface area contributed by atoms with E-state index in [1.165, 1.54) is 23.1 Å². The first-order valence-corrected chi connectivity index (χ1v) is 10.9. The summed E-state index contributed by atoms with van der Waals surface area (Å²) >= 11 is 3.11. The Kier molecular flexibility index (Phi) is 5.84. The van der Waals surface area contributed by atoms with Crippen molar-refractivity contribution < 1.29 is 4.79 Å². The predicted molar refractivity (Wildman–Crippen MR) is 107 cm³/mol. The Morgan fingerprint density at radius 3 is 2.67 bits per heavy atom. The number of tetrazole rings is 1. The lowest BCUT2D eigenvalue weighted by Gasteiger charge is -2.30. The molecule has 27 heavy (non-hydrogen) atoms. The number of nitrogens with zero attached hydrogens (tertiary/aromatic N) is 5. The molecule has 0 unspecified atom stereocenters. The molecule has 3 heterocycles. The van der Waals surface area contributed by atoms with Gasteiger partial charge in [0.25, 0.3) is 0 Å². The summed E-state index contributed by atoms with van der Waals surface area (Å²) in [7, 11) is 0. The molecule has 8 heteroatoms. The lowest BCUT2D eigenvalue weighted by molar-refractivity contribution is -0.131. The van der Waals surface area contributed by atoms with Crippen LogP contribution in [0.3, 0.4) is 0 Å². The average Bonchev–Trinajstić information content (AvgIpc) is 3.39. The molecule has 3 aromatic rings. The molecule has 1 amide bonds. The maximum absolute atomic E-state index is 13.3. The highest BCUT2D eigenvalue weighted by Crippen LogP contribution is 2.36. The van der Waals surface area contributed by atoms with Gasteiger partial charge in [-0.25, -0.2) is 4.68 Å². The van der Waals surface area contributed by atoms with Crippen LogP contribution in [-0.4, -0.2) is 44.1 Å². The first kappa shape index (κ1) is 18.2. The van der Waals surface area contributed by atoms with Crippen molar-refractivity contribution in [3.63, 3.8) is 0 Å². The average molecular weight is 400 g/mol. The summed E-state index contributed by atoms with van der Waals surface area (Å²) in [5.74, 6) is 0.150. The minimum Gasteiger partial charge on any atom is -0.341 e. The van der Waals surface area contributed by atoms with E-state index in [1.807, 2.05) is 46.7 Å². The number of hydrogen-bond donors (Lipinski definition) is 0. The Labute approximate surface area is 166 Å². The molecule has 0 aliphatic carbocycles. The number of amides is 1. The molecular weight excluding hydrogens is 378 g/mol. The van der Waals surface area contributed by atoms with E-state index >= 15 is 0 Å². The molecule has 2 aromatic heterocycles. The van der Waals surface area contributed by atoms with Gasteiger partial charge < -0.3 is 4.90 Å². The molecule has 6 nitrogen and oxygen atoms in total. The SMILES string of the molecule is O=C([C@@H](Sc1nnnn1Cc1cccs1)c1ccccc1)N1CCCCC1. The molecule has 0 saturated carbocycles. The molecule has 1 aliphatic heterocycles. The number of thioether (sulfide) groups is 1. The van der Waals surface area contributed by atoms with Gasteiger partial charge in [0.2, 0.25) is 11.1 Å². The topological polar surface area (TPSA) is 63.9 Å². The van der Waals surface area contributed by atoms with Crippen molar-refractivity contribution in [2.75, 3.05) is 13.1 Å². The molecule has 4 rings (SSSR count). The highest BCUT2D eigenvalue weighted by Gasteiger charge is 2.29. The zero-order chi connectivity index (χ0) is 18.5. The van der Waals surface area contributed by atoms with E-state index in [4.69, 9.17) is 0 Å². The largest absolute Gasteiger partial charge is 0.341 e. The van der Waals surface area contributed by atoms with E-state index in [0.717, 1.165) is 31.5 Å². The molecule has 1 fully saturated rings. The molecule has 0 radical (unpaired) electrons. The van der Waals surface area contributed by atoms with E-state index in [0.29, 0.717) is 11.7 Å². The molecular formula is C19H21N5OS2. The fraction of sp³-hybridized carbons (Fsp3) is 0.368. The summed E-state index contributed by atoms with van der Waals surface area (Å²) in [5.41, 5.74) is 0.990. The van der Waals surface area contributed by atoms with Gasteiger partial charge in [-0.15, -0.1) is 16.4 Å². The smallest absolute Gasteiger partial charge is 0.240 e. The summed E-state index contributed by atoms with van der Waals surface area (Å²) in [6.45, 7) is 2.29. The molecule has 140 valence electrons. The van der Waals surface area contributed by atoms with Crippen molar-refractivity contribution >= 4 is 29.0 Å². The Bertz CT molecular complexity index is 859. The molecule has 0 spiro atoms. The number of benzene rings is 1. The number of hydrogen-bond acceptors (Lipinski definition) is 6. The predicted octanol–water partition coefficient (Wildman–Crippen LogP) is 3.63. The fourth-order valence-corrected chi connectivity index (χ4v) is 4.95. The zero-order valence-electron chi connectivity index (χ0n) is 14.9. The van der Waals surface area contributed by atoms with Crippen LogP contribution in [0.1, 0.15) is 35.0 Å². The van der Waals surface area contributed by atoms with Gasteiger partial charge in [0.05, 0.1) is 6.54 Å². The number of rotatable bonds is 6. The number of likely N-dealkylation sites (tertiary alicyclic amines) is 1. The van der Waals surface area contributed by atoms with Crippen molar-refractivity contribution in [3.05, 3.63) is 58.3 Å². The van der Waals surface area contributed by atoms with Crippen molar-refractivity contribution in [1.82, 2.24) is 25.1 Å². The fourth-order valence-electron chi connectivity index (χ4n) is 3.20. The standard InChI is InChI=1S/C19H21N5OS2/c25-18(23-11-5-2-6-12-23)17(15-8-3-1-4-9-15)27-19-20-21-22-24(19)14-16-10-7-13-26-16/h1,3-4,7-10,13,17H,2,5-6,11-12,14H2/t17-/m0/s1. The van der Waals surface area contributed by atoms with Gasteiger partial charge in [-0.2, -0.15) is 0 Å². The summed E-state index contributed by atoms with van der Waals surface area (Å²) < 4.78 is 1.77. The molecule has 1 aliphatic rings. The molecule has 1 aromatic carbocycles. The highest BCUT2D eigenvalue weighted by atomic mass is 32.2. The van der Waals surface area contributed by atoms with Gasteiger partial charge in [0, 0.05) is 18.0 Å². The van der Waals surface area contributed by atoms with Gasteiger partial charge >= 0.3 is 0 Å². The second-order valence-corrected chi connectivity index (χ2v) is 8.60. The van der Waals surface area contributed by atoms with Gasteiger partial charge in [-0.05, 0) is 46.7 Å². The Morgan fingerprint density at radius 2 is 1.93 bits per heavy atom. The third-order valence-electron chi connectivity index (χ3n) is 4.60. The number of carbonyl (C=O) groups is 1. The number of aromatic nitrogens is 4. The third kappa shape index (κ3) is 4.39. The van der Waals surface area contributed by atoms with Crippen molar-refractivity contribution in [2.24, 2.45) is 0 Å². The minimum atomic E-state index is -0.336. The van der Waals surface area contributed by atoms with E-state index in [2.05, 4.69) is 21.6 Å². The number of piperidine rings is 1. The van der Waals surface area contributed by atoms with Crippen LogP contribution in [0.5, 0.6) is 0 Å². The van der Waals surface area contributed by atoms with Gasteiger partial charge in [0.15, 0.2) is 0 Å². The Hall–Kier alpha value is -2.19. The van der Waals surface area contributed by atoms with Crippen LogP contribution in [0, 0.1) is 0 Å². The van der Waals surface area contributed by atoms with E-state index in [1.54, 1.807) is 16.0 Å².